The first-order valence-corrected chi connectivity index (χ1v) is 10.9. The van der Waals surface area contributed by atoms with Gasteiger partial charge < -0.3 is 10.2 Å². The first-order chi connectivity index (χ1) is 15.1. The Bertz CT molecular complexity index is 967. The molecule has 2 saturated heterocycles. The molecule has 4 amide bonds. The second-order valence-corrected chi connectivity index (χ2v) is 8.34. The maximum Gasteiger partial charge on any atom is 0.417 e. The van der Waals surface area contributed by atoms with Crippen molar-refractivity contribution >= 4 is 34.7 Å². The van der Waals surface area contributed by atoms with E-state index in [1.54, 1.807) is 0 Å². The van der Waals surface area contributed by atoms with E-state index in [1.165, 1.54) is 17.0 Å². The fraction of sp³-hybridized carbons (Fsp3) is 0.429. The van der Waals surface area contributed by atoms with Crippen LogP contribution >= 0.6 is 11.8 Å². The predicted octanol–water partition coefficient (Wildman–Crippen LogP) is 3.42. The molecule has 1 N–H and O–H groups in total. The van der Waals surface area contributed by atoms with Gasteiger partial charge in [0.25, 0.3) is 17.1 Å². The minimum Gasteiger partial charge on any atom is -0.355 e. The van der Waals surface area contributed by atoms with Crippen molar-refractivity contribution in [2.45, 2.75) is 32.4 Å². The van der Waals surface area contributed by atoms with Crippen molar-refractivity contribution in [3.8, 4) is 0 Å². The normalized spacial score (nSPS) is 17.2. The molecular formula is C21H22F3N3O4S. The Morgan fingerprint density at radius 3 is 2.41 bits per heavy atom. The van der Waals surface area contributed by atoms with Gasteiger partial charge in [-0.15, -0.1) is 0 Å². The first-order valence-electron chi connectivity index (χ1n) is 10.1. The number of carbonyl (C=O) groups excluding carboxylic acids is 4. The van der Waals surface area contributed by atoms with Crippen LogP contribution in [0.5, 0.6) is 0 Å². The number of nitrogens with one attached hydrogen (secondary N) is 1. The summed E-state index contributed by atoms with van der Waals surface area (Å²) in [6, 6.07) is 4.63. The van der Waals surface area contributed by atoms with Crippen LogP contribution in [0.1, 0.15) is 42.1 Å². The summed E-state index contributed by atoms with van der Waals surface area (Å²) < 4.78 is 39.7. The fourth-order valence-corrected chi connectivity index (χ4v) is 4.49. The predicted molar refractivity (Wildman–Crippen MR) is 112 cm³/mol. The summed E-state index contributed by atoms with van der Waals surface area (Å²) in [7, 11) is 0. The van der Waals surface area contributed by atoms with Crippen molar-refractivity contribution in [3.05, 3.63) is 45.9 Å². The number of imide groups is 1. The van der Waals surface area contributed by atoms with Gasteiger partial charge in [0.05, 0.1) is 16.0 Å². The molecule has 7 nitrogen and oxygen atoms in total. The molecular weight excluding hydrogens is 447 g/mol. The minimum atomic E-state index is -4.64. The van der Waals surface area contributed by atoms with Crippen LogP contribution in [0.3, 0.4) is 0 Å². The quantitative estimate of drug-likeness (QED) is 0.668. The van der Waals surface area contributed by atoms with E-state index in [9.17, 15) is 32.3 Å². The molecule has 1 aromatic carbocycles. The van der Waals surface area contributed by atoms with E-state index in [0.29, 0.717) is 12.1 Å². The summed E-state index contributed by atoms with van der Waals surface area (Å²) in [4.78, 5) is 51.9. The molecule has 2 aliphatic heterocycles. The smallest absolute Gasteiger partial charge is 0.355 e. The topological polar surface area (TPSA) is 86.8 Å². The first kappa shape index (κ1) is 23.8. The molecule has 1 aromatic rings. The second-order valence-electron chi connectivity index (χ2n) is 7.38. The lowest BCUT2D eigenvalue weighted by atomic mass is 10.0. The molecule has 0 spiro atoms. The van der Waals surface area contributed by atoms with E-state index in [0.717, 1.165) is 35.2 Å². The number of hydrogen-bond donors (Lipinski definition) is 1. The van der Waals surface area contributed by atoms with Crippen LogP contribution in [-0.2, 0) is 15.8 Å². The van der Waals surface area contributed by atoms with Gasteiger partial charge in [0, 0.05) is 19.6 Å². The van der Waals surface area contributed by atoms with Crippen molar-refractivity contribution < 1.29 is 32.3 Å². The number of amides is 4. The molecule has 0 unspecified atom stereocenters. The standard InChI is InChI=1S/C21H22F3N3O4S/c1-2-9-25-16(28)12-27-19(30)17(32-20(27)31)13-7-10-26(11-8-13)18(29)14-5-3-4-6-15(14)21(22,23)24/h3-6H,2,7-12H2,1H3,(H,25,28). The lowest BCUT2D eigenvalue weighted by Crippen LogP contribution is -2.40. The Kier molecular flexibility index (Phi) is 7.27. The van der Waals surface area contributed by atoms with E-state index < -0.39 is 40.3 Å². The molecule has 2 heterocycles. The lowest BCUT2D eigenvalue weighted by molar-refractivity contribution is -0.138. The average molecular weight is 469 g/mol. The molecule has 0 atom stereocenters. The zero-order valence-electron chi connectivity index (χ0n) is 17.3. The number of rotatable bonds is 5. The maximum atomic E-state index is 13.2. The number of hydrogen-bond acceptors (Lipinski definition) is 5. The van der Waals surface area contributed by atoms with Crippen molar-refractivity contribution in [2.75, 3.05) is 26.2 Å². The molecule has 2 fully saturated rings. The number of halogens is 3. The Balaban J connectivity index is 1.68. The van der Waals surface area contributed by atoms with E-state index in [1.807, 2.05) is 6.92 Å². The van der Waals surface area contributed by atoms with E-state index in [-0.39, 0.29) is 37.4 Å². The van der Waals surface area contributed by atoms with Gasteiger partial charge in [0.1, 0.15) is 6.54 Å². The van der Waals surface area contributed by atoms with Crippen molar-refractivity contribution in [2.24, 2.45) is 0 Å². The van der Waals surface area contributed by atoms with Gasteiger partial charge in [-0.2, -0.15) is 13.2 Å². The number of piperidine rings is 1. The van der Waals surface area contributed by atoms with Crippen LogP contribution in [0.4, 0.5) is 18.0 Å². The van der Waals surface area contributed by atoms with Gasteiger partial charge in [0.15, 0.2) is 0 Å². The molecule has 11 heteroatoms. The molecule has 3 rings (SSSR count). The van der Waals surface area contributed by atoms with Crippen LogP contribution in [0.25, 0.3) is 0 Å². The number of thioether (sulfide) groups is 1. The van der Waals surface area contributed by atoms with Crippen LogP contribution in [-0.4, -0.2) is 58.9 Å². The van der Waals surface area contributed by atoms with Crippen LogP contribution < -0.4 is 5.32 Å². The van der Waals surface area contributed by atoms with Crippen molar-refractivity contribution in [1.29, 1.82) is 0 Å². The Hall–Kier alpha value is -2.82. The highest BCUT2D eigenvalue weighted by Crippen LogP contribution is 2.37. The minimum absolute atomic E-state index is 0.128. The molecule has 0 radical (unpaired) electrons. The SMILES string of the molecule is CCCNC(=O)CN1C(=O)SC(=C2CCN(C(=O)c3ccccc3C(F)(F)F)CC2)C1=O. The summed E-state index contributed by atoms with van der Waals surface area (Å²) >= 11 is 0.751. The molecule has 0 saturated carbocycles. The lowest BCUT2D eigenvalue weighted by Gasteiger charge is -2.29. The zero-order chi connectivity index (χ0) is 23.5. The third kappa shape index (κ3) is 5.14. The summed E-state index contributed by atoms with van der Waals surface area (Å²) in [5.74, 6) is -1.70. The number of carbonyl (C=O) groups is 4. The number of nitrogens with zero attached hydrogens (tertiary/aromatic N) is 2. The van der Waals surface area contributed by atoms with E-state index in [2.05, 4.69) is 5.32 Å². The van der Waals surface area contributed by atoms with Gasteiger partial charge in [0.2, 0.25) is 5.91 Å². The van der Waals surface area contributed by atoms with Gasteiger partial charge >= 0.3 is 6.18 Å². The zero-order valence-corrected chi connectivity index (χ0v) is 18.1. The molecule has 172 valence electrons. The molecule has 0 bridgehead atoms. The summed E-state index contributed by atoms with van der Waals surface area (Å²) in [5.41, 5.74) is -0.738. The average Bonchev–Trinajstić information content (AvgIpc) is 3.05. The third-order valence-corrected chi connectivity index (χ3v) is 6.22. The van der Waals surface area contributed by atoms with Crippen molar-refractivity contribution in [3.63, 3.8) is 0 Å². The highest BCUT2D eigenvalue weighted by molar-refractivity contribution is 8.18. The Labute approximate surface area is 187 Å². The summed E-state index contributed by atoms with van der Waals surface area (Å²) in [5, 5.41) is 2.07. The largest absolute Gasteiger partial charge is 0.417 e. The molecule has 2 aliphatic rings. The molecule has 0 aromatic heterocycles. The summed E-state index contributed by atoms with van der Waals surface area (Å²) in [6.45, 7) is 2.22. The fourth-order valence-electron chi connectivity index (χ4n) is 3.51. The van der Waals surface area contributed by atoms with E-state index in [4.69, 9.17) is 0 Å². The van der Waals surface area contributed by atoms with Gasteiger partial charge in [-0.05, 0) is 48.7 Å². The Morgan fingerprint density at radius 1 is 1.12 bits per heavy atom. The highest BCUT2D eigenvalue weighted by atomic mass is 32.2. The summed E-state index contributed by atoms with van der Waals surface area (Å²) in [6.07, 6.45) is -3.40. The molecule has 0 aliphatic carbocycles. The molecule has 32 heavy (non-hydrogen) atoms. The van der Waals surface area contributed by atoms with E-state index >= 15 is 0 Å². The third-order valence-electron chi connectivity index (χ3n) is 5.16. The highest BCUT2D eigenvalue weighted by Gasteiger charge is 2.40. The van der Waals surface area contributed by atoms with Crippen LogP contribution in [0.2, 0.25) is 0 Å². The number of alkyl halides is 3. The maximum absolute atomic E-state index is 13.2. The van der Waals surface area contributed by atoms with Gasteiger partial charge in [-0.25, -0.2) is 0 Å². The Morgan fingerprint density at radius 2 is 1.78 bits per heavy atom. The van der Waals surface area contributed by atoms with Crippen LogP contribution in [0, 0.1) is 0 Å². The number of likely N-dealkylation sites (tertiary alicyclic amines) is 1. The van der Waals surface area contributed by atoms with Crippen molar-refractivity contribution in [1.82, 2.24) is 15.1 Å². The van der Waals surface area contributed by atoms with Crippen LogP contribution in [0.15, 0.2) is 34.7 Å². The van der Waals surface area contributed by atoms with Gasteiger partial charge in [-0.3, -0.25) is 24.1 Å². The second kappa shape index (κ2) is 9.76. The number of benzene rings is 1. The van der Waals surface area contributed by atoms with Gasteiger partial charge in [-0.1, -0.05) is 19.1 Å². The monoisotopic (exact) mass is 469 g/mol.